The molecule has 0 radical (unpaired) electrons. The summed E-state index contributed by atoms with van der Waals surface area (Å²) in [5.74, 6) is 0.694. The zero-order valence-corrected chi connectivity index (χ0v) is 11.6. The van der Waals surface area contributed by atoms with Gasteiger partial charge in [0.15, 0.2) is 9.84 Å². The third-order valence-corrected chi connectivity index (χ3v) is 4.52. The fraction of sp³-hybridized carbons (Fsp3) is 0.538. The summed E-state index contributed by atoms with van der Waals surface area (Å²) >= 11 is 0. The van der Waals surface area contributed by atoms with E-state index in [4.69, 9.17) is 4.74 Å². The summed E-state index contributed by atoms with van der Waals surface area (Å²) < 4.78 is 29.2. The van der Waals surface area contributed by atoms with Gasteiger partial charge in [-0.1, -0.05) is 12.1 Å². The van der Waals surface area contributed by atoms with Gasteiger partial charge in [0.25, 0.3) is 0 Å². The highest BCUT2D eigenvalue weighted by atomic mass is 32.2. The van der Waals surface area contributed by atoms with E-state index in [1.165, 1.54) is 13.4 Å². The Labute approximate surface area is 108 Å². The Hall–Kier alpha value is -1.07. The molecule has 1 aliphatic heterocycles. The van der Waals surface area contributed by atoms with Crippen molar-refractivity contribution in [2.45, 2.75) is 23.7 Å². The summed E-state index contributed by atoms with van der Waals surface area (Å²) in [4.78, 5) is 0.348. The van der Waals surface area contributed by atoms with Crippen molar-refractivity contribution in [2.24, 2.45) is 0 Å². The van der Waals surface area contributed by atoms with Crippen molar-refractivity contribution in [1.82, 2.24) is 5.32 Å². The van der Waals surface area contributed by atoms with Gasteiger partial charge in [0, 0.05) is 12.8 Å². The smallest absolute Gasteiger partial charge is 0.179 e. The lowest BCUT2D eigenvalue weighted by molar-refractivity contribution is 0.396. The van der Waals surface area contributed by atoms with E-state index in [1.807, 2.05) is 12.1 Å². The number of piperidine rings is 1. The number of methoxy groups -OCH3 is 1. The zero-order valence-electron chi connectivity index (χ0n) is 10.8. The molecule has 100 valence electrons. The molecule has 4 nitrogen and oxygen atoms in total. The maximum absolute atomic E-state index is 12.0. The first-order valence-corrected chi connectivity index (χ1v) is 8.01. The summed E-state index contributed by atoms with van der Waals surface area (Å²) in [5, 5.41) is 3.31. The molecule has 1 aromatic rings. The molecule has 0 aliphatic carbocycles. The molecule has 1 heterocycles. The van der Waals surface area contributed by atoms with Crippen molar-refractivity contribution in [2.75, 3.05) is 26.5 Å². The van der Waals surface area contributed by atoms with Crippen LogP contribution in [0.2, 0.25) is 0 Å². The highest BCUT2D eigenvalue weighted by molar-refractivity contribution is 7.90. The molecule has 5 heteroatoms. The van der Waals surface area contributed by atoms with Crippen LogP contribution in [0.15, 0.2) is 23.1 Å². The van der Waals surface area contributed by atoms with Crippen LogP contribution in [0.1, 0.15) is 24.3 Å². The molecule has 1 atom stereocenters. The lowest BCUT2D eigenvalue weighted by Gasteiger charge is -2.25. The van der Waals surface area contributed by atoms with Gasteiger partial charge in [-0.3, -0.25) is 0 Å². The van der Waals surface area contributed by atoms with Crippen molar-refractivity contribution < 1.29 is 13.2 Å². The predicted octanol–water partition coefficient (Wildman–Crippen LogP) is 1.57. The Bertz CT molecular complexity index is 519. The average molecular weight is 269 g/mol. The fourth-order valence-electron chi connectivity index (χ4n) is 2.53. The molecule has 2 rings (SSSR count). The van der Waals surface area contributed by atoms with Crippen LogP contribution in [0.3, 0.4) is 0 Å². The molecule has 1 saturated heterocycles. The standard InChI is InChI=1S/C13H19NO3S/c1-17-12-7-3-6-11(13(12)18(2,15)16)10-5-4-8-14-9-10/h3,6-7,10,14H,4-5,8-9H2,1-2H3. The number of benzene rings is 1. The average Bonchev–Trinajstić information content (AvgIpc) is 2.38. The van der Waals surface area contributed by atoms with Crippen LogP contribution in [0.4, 0.5) is 0 Å². The maximum atomic E-state index is 12.0. The molecule has 1 aliphatic rings. The minimum absolute atomic E-state index is 0.249. The van der Waals surface area contributed by atoms with Crippen molar-refractivity contribution in [1.29, 1.82) is 0 Å². The van der Waals surface area contributed by atoms with E-state index >= 15 is 0 Å². The number of sulfone groups is 1. The molecule has 1 N–H and O–H groups in total. The van der Waals surface area contributed by atoms with Gasteiger partial charge < -0.3 is 10.1 Å². The van der Waals surface area contributed by atoms with Crippen molar-refractivity contribution in [3.8, 4) is 5.75 Å². The Morgan fingerprint density at radius 1 is 1.39 bits per heavy atom. The van der Waals surface area contributed by atoms with E-state index in [-0.39, 0.29) is 5.92 Å². The first-order chi connectivity index (χ1) is 8.54. The van der Waals surface area contributed by atoms with Gasteiger partial charge in [0.05, 0.1) is 7.11 Å². The first kappa shape index (κ1) is 13.4. The van der Waals surface area contributed by atoms with E-state index < -0.39 is 9.84 Å². The number of nitrogens with one attached hydrogen (secondary N) is 1. The van der Waals surface area contributed by atoms with E-state index in [2.05, 4.69) is 5.32 Å². The molecule has 1 fully saturated rings. The Kier molecular flexibility index (Phi) is 3.92. The quantitative estimate of drug-likeness (QED) is 0.905. The summed E-state index contributed by atoms with van der Waals surface area (Å²) in [6.07, 6.45) is 3.33. The van der Waals surface area contributed by atoms with Gasteiger partial charge in [0.2, 0.25) is 0 Å². The number of hydrogen-bond donors (Lipinski definition) is 1. The maximum Gasteiger partial charge on any atom is 0.179 e. The van der Waals surface area contributed by atoms with Crippen LogP contribution >= 0.6 is 0 Å². The molecule has 18 heavy (non-hydrogen) atoms. The van der Waals surface area contributed by atoms with Crippen LogP contribution in [-0.4, -0.2) is 34.9 Å². The molecule has 0 saturated carbocycles. The second-order valence-electron chi connectivity index (χ2n) is 4.69. The van der Waals surface area contributed by atoms with Crippen molar-refractivity contribution >= 4 is 9.84 Å². The monoisotopic (exact) mass is 269 g/mol. The molecular weight excluding hydrogens is 250 g/mol. The summed E-state index contributed by atoms with van der Waals surface area (Å²) in [6.45, 7) is 1.84. The summed E-state index contributed by atoms with van der Waals surface area (Å²) in [7, 11) is -1.77. The van der Waals surface area contributed by atoms with Gasteiger partial charge in [-0.15, -0.1) is 0 Å². The Morgan fingerprint density at radius 2 is 2.17 bits per heavy atom. The van der Waals surface area contributed by atoms with E-state index in [0.29, 0.717) is 10.6 Å². The van der Waals surface area contributed by atoms with Crippen molar-refractivity contribution in [3.05, 3.63) is 23.8 Å². The highest BCUT2D eigenvalue weighted by Crippen LogP contribution is 2.34. The lowest BCUT2D eigenvalue weighted by Crippen LogP contribution is -2.29. The fourth-order valence-corrected chi connectivity index (χ4v) is 3.71. The molecule has 0 spiro atoms. The number of ether oxygens (including phenoxy) is 1. The molecule has 1 unspecified atom stereocenters. The zero-order chi connectivity index (χ0) is 13.2. The van der Waals surface area contributed by atoms with Gasteiger partial charge in [-0.25, -0.2) is 8.42 Å². The van der Waals surface area contributed by atoms with Gasteiger partial charge in [-0.05, 0) is 36.9 Å². The first-order valence-electron chi connectivity index (χ1n) is 6.11. The second-order valence-corrected chi connectivity index (χ2v) is 6.65. The second kappa shape index (κ2) is 5.28. The molecule has 1 aromatic carbocycles. The van der Waals surface area contributed by atoms with E-state index in [0.717, 1.165) is 31.5 Å². The van der Waals surface area contributed by atoms with Gasteiger partial charge in [0.1, 0.15) is 10.6 Å². The van der Waals surface area contributed by atoms with Gasteiger partial charge >= 0.3 is 0 Å². The summed E-state index contributed by atoms with van der Waals surface area (Å²) in [6, 6.07) is 5.46. The Morgan fingerprint density at radius 3 is 2.72 bits per heavy atom. The van der Waals surface area contributed by atoms with Crippen LogP contribution in [0.5, 0.6) is 5.75 Å². The third kappa shape index (κ3) is 2.67. The number of hydrogen-bond acceptors (Lipinski definition) is 4. The molecule has 0 bridgehead atoms. The predicted molar refractivity (Wildman–Crippen MR) is 70.9 cm³/mol. The lowest BCUT2D eigenvalue weighted by atomic mass is 9.91. The Balaban J connectivity index is 2.52. The summed E-state index contributed by atoms with van der Waals surface area (Å²) in [5.41, 5.74) is 0.879. The largest absolute Gasteiger partial charge is 0.495 e. The molecular formula is C13H19NO3S. The minimum Gasteiger partial charge on any atom is -0.495 e. The SMILES string of the molecule is COc1cccc(C2CCCNC2)c1S(C)(=O)=O. The molecule has 0 aromatic heterocycles. The van der Waals surface area contributed by atoms with Crippen LogP contribution < -0.4 is 10.1 Å². The van der Waals surface area contributed by atoms with Crippen LogP contribution in [0, 0.1) is 0 Å². The molecule has 0 amide bonds. The van der Waals surface area contributed by atoms with Crippen molar-refractivity contribution in [3.63, 3.8) is 0 Å². The number of rotatable bonds is 3. The van der Waals surface area contributed by atoms with Crippen LogP contribution in [-0.2, 0) is 9.84 Å². The van der Waals surface area contributed by atoms with E-state index in [1.54, 1.807) is 6.07 Å². The highest BCUT2D eigenvalue weighted by Gasteiger charge is 2.25. The normalized spacial score (nSPS) is 20.7. The van der Waals surface area contributed by atoms with Gasteiger partial charge in [-0.2, -0.15) is 0 Å². The van der Waals surface area contributed by atoms with E-state index in [9.17, 15) is 8.42 Å². The minimum atomic E-state index is -3.28. The topological polar surface area (TPSA) is 55.4 Å². The third-order valence-electron chi connectivity index (χ3n) is 3.34. The van der Waals surface area contributed by atoms with Crippen LogP contribution in [0.25, 0.3) is 0 Å².